The topological polar surface area (TPSA) is 36.3 Å². The molecule has 2 rings (SSSR count). The minimum atomic E-state index is 0.707. The van der Waals surface area contributed by atoms with Crippen molar-refractivity contribution in [2.45, 2.75) is 13.0 Å². The standard InChI is InChI=1S/C13H18N2O2S/c1-16-8-3-9-17-10-7-15-6-5-14-13(15)12-4-2-11-18-12/h2,4-6,11H,3,7-10H2,1H3. The van der Waals surface area contributed by atoms with Crippen LogP contribution in [0.5, 0.6) is 0 Å². The van der Waals surface area contributed by atoms with Crippen LogP contribution < -0.4 is 0 Å². The van der Waals surface area contributed by atoms with Gasteiger partial charge in [0.15, 0.2) is 0 Å². The fourth-order valence-corrected chi connectivity index (χ4v) is 2.43. The summed E-state index contributed by atoms with van der Waals surface area (Å²) in [7, 11) is 1.71. The molecular formula is C13H18N2O2S. The summed E-state index contributed by atoms with van der Waals surface area (Å²) in [6.45, 7) is 3.04. The first-order valence-electron chi connectivity index (χ1n) is 6.03. The van der Waals surface area contributed by atoms with Crippen molar-refractivity contribution in [1.29, 1.82) is 0 Å². The number of ether oxygens (including phenoxy) is 2. The molecule has 0 saturated heterocycles. The molecule has 0 atom stereocenters. The van der Waals surface area contributed by atoms with Crippen LogP contribution in [-0.4, -0.2) is 36.5 Å². The molecule has 0 spiro atoms. The molecule has 0 aliphatic heterocycles. The smallest absolute Gasteiger partial charge is 0.150 e. The lowest BCUT2D eigenvalue weighted by Crippen LogP contribution is -2.08. The molecule has 2 heterocycles. The van der Waals surface area contributed by atoms with Gasteiger partial charge < -0.3 is 14.0 Å². The molecule has 98 valence electrons. The molecule has 0 bridgehead atoms. The Balaban J connectivity index is 1.78. The average molecular weight is 266 g/mol. The number of nitrogens with zero attached hydrogens (tertiary/aromatic N) is 2. The molecule has 5 heteroatoms. The van der Waals surface area contributed by atoms with Gasteiger partial charge in [0.1, 0.15) is 5.82 Å². The number of rotatable bonds is 8. The van der Waals surface area contributed by atoms with Crippen molar-refractivity contribution >= 4 is 11.3 Å². The third-order valence-electron chi connectivity index (χ3n) is 2.57. The zero-order chi connectivity index (χ0) is 12.6. The van der Waals surface area contributed by atoms with Crippen molar-refractivity contribution in [2.75, 3.05) is 26.9 Å². The number of hydrogen-bond donors (Lipinski definition) is 0. The minimum absolute atomic E-state index is 0.707. The van der Waals surface area contributed by atoms with E-state index in [-0.39, 0.29) is 0 Å². The van der Waals surface area contributed by atoms with Gasteiger partial charge in [0.05, 0.1) is 11.5 Å². The molecule has 2 aromatic rings. The third-order valence-corrected chi connectivity index (χ3v) is 3.44. The average Bonchev–Trinajstić information content (AvgIpc) is 3.03. The molecular weight excluding hydrogens is 248 g/mol. The van der Waals surface area contributed by atoms with Crippen LogP contribution in [0.25, 0.3) is 10.7 Å². The molecule has 0 N–H and O–H groups in total. The summed E-state index contributed by atoms with van der Waals surface area (Å²) in [5, 5.41) is 2.07. The van der Waals surface area contributed by atoms with Crippen molar-refractivity contribution in [3.05, 3.63) is 29.9 Å². The minimum Gasteiger partial charge on any atom is -0.385 e. The summed E-state index contributed by atoms with van der Waals surface area (Å²) >= 11 is 1.70. The van der Waals surface area contributed by atoms with Gasteiger partial charge in [0.25, 0.3) is 0 Å². The van der Waals surface area contributed by atoms with Crippen LogP contribution in [0.4, 0.5) is 0 Å². The number of methoxy groups -OCH3 is 1. The van der Waals surface area contributed by atoms with Crippen molar-refractivity contribution in [1.82, 2.24) is 9.55 Å². The molecule has 0 saturated carbocycles. The van der Waals surface area contributed by atoms with Crippen LogP contribution >= 0.6 is 11.3 Å². The fourth-order valence-electron chi connectivity index (χ4n) is 1.69. The second-order valence-corrected chi connectivity index (χ2v) is 4.83. The van der Waals surface area contributed by atoms with E-state index in [1.807, 2.05) is 18.5 Å². The number of imidazole rings is 1. The Hall–Kier alpha value is -1.17. The zero-order valence-corrected chi connectivity index (χ0v) is 11.4. The number of aromatic nitrogens is 2. The maximum absolute atomic E-state index is 5.56. The van der Waals surface area contributed by atoms with Crippen molar-refractivity contribution in [3.63, 3.8) is 0 Å². The van der Waals surface area contributed by atoms with Crippen LogP contribution in [0.15, 0.2) is 29.9 Å². The Labute approximate surface area is 111 Å². The first-order valence-corrected chi connectivity index (χ1v) is 6.91. The van der Waals surface area contributed by atoms with Crippen LogP contribution in [0, 0.1) is 0 Å². The number of thiophene rings is 1. The highest BCUT2D eigenvalue weighted by Gasteiger charge is 2.05. The molecule has 4 nitrogen and oxygen atoms in total. The predicted molar refractivity (Wildman–Crippen MR) is 72.9 cm³/mol. The summed E-state index contributed by atoms with van der Waals surface area (Å²) in [6, 6.07) is 4.13. The largest absolute Gasteiger partial charge is 0.385 e. The predicted octanol–water partition coefficient (Wildman–Crippen LogP) is 2.66. The van der Waals surface area contributed by atoms with E-state index in [1.165, 1.54) is 4.88 Å². The molecule has 0 amide bonds. The van der Waals surface area contributed by atoms with E-state index in [0.29, 0.717) is 6.61 Å². The van der Waals surface area contributed by atoms with Gasteiger partial charge in [-0.25, -0.2) is 4.98 Å². The zero-order valence-electron chi connectivity index (χ0n) is 10.5. The van der Waals surface area contributed by atoms with E-state index < -0.39 is 0 Å². The Bertz CT molecular complexity index is 440. The Kier molecular flexibility index (Phi) is 5.38. The Morgan fingerprint density at radius 1 is 1.33 bits per heavy atom. The first kappa shape index (κ1) is 13.3. The molecule has 0 unspecified atom stereocenters. The van der Waals surface area contributed by atoms with Crippen LogP contribution in [-0.2, 0) is 16.0 Å². The van der Waals surface area contributed by atoms with Gasteiger partial charge in [-0.15, -0.1) is 11.3 Å². The summed E-state index contributed by atoms with van der Waals surface area (Å²) < 4.78 is 12.7. The summed E-state index contributed by atoms with van der Waals surface area (Å²) in [5.41, 5.74) is 0. The van der Waals surface area contributed by atoms with E-state index in [4.69, 9.17) is 9.47 Å². The van der Waals surface area contributed by atoms with E-state index in [2.05, 4.69) is 21.0 Å². The van der Waals surface area contributed by atoms with Crippen molar-refractivity contribution in [3.8, 4) is 10.7 Å². The highest BCUT2D eigenvalue weighted by Crippen LogP contribution is 2.22. The summed E-state index contributed by atoms with van der Waals surface area (Å²) in [5.74, 6) is 1.02. The van der Waals surface area contributed by atoms with Crippen LogP contribution in [0.1, 0.15) is 6.42 Å². The van der Waals surface area contributed by atoms with Gasteiger partial charge in [-0.2, -0.15) is 0 Å². The van der Waals surface area contributed by atoms with Gasteiger partial charge >= 0.3 is 0 Å². The molecule has 2 aromatic heterocycles. The van der Waals surface area contributed by atoms with E-state index in [9.17, 15) is 0 Å². The third kappa shape index (κ3) is 3.66. The Morgan fingerprint density at radius 3 is 3.06 bits per heavy atom. The van der Waals surface area contributed by atoms with Gasteiger partial charge in [-0.3, -0.25) is 0 Å². The van der Waals surface area contributed by atoms with E-state index >= 15 is 0 Å². The molecule has 0 radical (unpaired) electrons. The second-order valence-electron chi connectivity index (χ2n) is 3.88. The monoisotopic (exact) mass is 266 g/mol. The molecule has 0 aliphatic carbocycles. The van der Waals surface area contributed by atoms with Crippen LogP contribution in [0.2, 0.25) is 0 Å². The highest BCUT2D eigenvalue weighted by atomic mass is 32.1. The maximum atomic E-state index is 5.56. The van der Waals surface area contributed by atoms with Crippen molar-refractivity contribution in [2.24, 2.45) is 0 Å². The number of hydrogen-bond acceptors (Lipinski definition) is 4. The lowest BCUT2D eigenvalue weighted by atomic mass is 10.4. The molecule has 0 fully saturated rings. The second kappa shape index (κ2) is 7.31. The van der Waals surface area contributed by atoms with Gasteiger partial charge in [0.2, 0.25) is 0 Å². The normalized spacial score (nSPS) is 10.9. The van der Waals surface area contributed by atoms with E-state index in [1.54, 1.807) is 18.4 Å². The summed E-state index contributed by atoms with van der Waals surface area (Å²) in [6.07, 6.45) is 4.77. The lowest BCUT2D eigenvalue weighted by Gasteiger charge is -2.07. The van der Waals surface area contributed by atoms with Gasteiger partial charge in [-0.1, -0.05) is 6.07 Å². The maximum Gasteiger partial charge on any atom is 0.150 e. The summed E-state index contributed by atoms with van der Waals surface area (Å²) in [4.78, 5) is 5.58. The SMILES string of the molecule is COCCCOCCn1ccnc1-c1cccs1. The first-order chi connectivity index (χ1) is 8.92. The lowest BCUT2D eigenvalue weighted by molar-refractivity contribution is 0.0979. The van der Waals surface area contributed by atoms with Crippen molar-refractivity contribution < 1.29 is 9.47 Å². The Morgan fingerprint density at radius 2 is 2.28 bits per heavy atom. The van der Waals surface area contributed by atoms with Crippen LogP contribution in [0.3, 0.4) is 0 Å². The highest BCUT2D eigenvalue weighted by molar-refractivity contribution is 7.13. The molecule has 0 aromatic carbocycles. The molecule has 0 aliphatic rings. The molecule has 18 heavy (non-hydrogen) atoms. The fraction of sp³-hybridized carbons (Fsp3) is 0.462. The quantitative estimate of drug-likeness (QED) is 0.689. The van der Waals surface area contributed by atoms with E-state index in [0.717, 1.165) is 32.0 Å². The van der Waals surface area contributed by atoms with Gasteiger partial charge in [-0.05, 0) is 17.9 Å². The van der Waals surface area contributed by atoms with Gasteiger partial charge in [0, 0.05) is 39.3 Å².